The van der Waals surface area contributed by atoms with Crippen LogP contribution in [0.2, 0.25) is 0 Å². The van der Waals surface area contributed by atoms with Gasteiger partial charge in [-0.3, -0.25) is 9.48 Å². The van der Waals surface area contributed by atoms with Gasteiger partial charge >= 0.3 is 5.97 Å². The molecule has 0 bridgehead atoms. The summed E-state index contributed by atoms with van der Waals surface area (Å²) in [6.45, 7) is 7.24. The largest absolute Gasteiger partial charge is 0.462 e. The van der Waals surface area contributed by atoms with Crippen LogP contribution in [0.4, 0.5) is 0 Å². The summed E-state index contributed by atoms with van der Waals surface area (Å²) >= 11 is 0. The second-order valence-electron chi connectivity index (χ2n) is 9.02. The van der Waals surface area contributed by atoms with Gasteiger partial charge in [-0.1, -0.05) is 17.7 Å². The van der Waals surface area contributed by atoms with E-state index in [9.17, 15) is 9.59 Å². The molecule has 3 heterocycles. The molecule has 0 unspecified atom stereocenters. The molecule has 1 aromatic heterocycles. The van der Waals surface area contributed by atoms with Gasteiger partial charge in [0, 0.05) is 31.9 Å². The normalized spacial score (nSPS) is 17.5. The van der Waals surface area contributed by atoms with Gasteiger partial charge in [0.15, 0.2) is 0 Å². The number of carbonyl (C=O) groups is 2. The van der Waals surface area contributed by atoms with Gasteiger partial charge in [0.1, 0.15) is 5.69 Å². The van der Waals surface area contributed by atoms with Crippen LogP contribution in [-0.2, 0) is 28.9 Å². The first-order valence-corrected chi connectivity index (χ1v) is 11.7. The van der Waals surface area contributed by atoms with Crippen LogP contribution in [0.3, 0.4) is 0 Å². The van der Waals surface area contributed by atoms with Crippen LogP contribution >= 0.6 is 0 Å². The molecule has 0 saturated carbocycles. The number of ether oxygens (including phenoxy) is 2. The predicted octanol–water partition coefficient (Wildman–Crippen LogP) is 3.47. The summed E-state index contributed by atoms with van der Waals surface area (Å²) in [7, 11) is 0. The lowest BCUT2D eigenvalue weighted by molar-refractivity contribution is 0.0160. The number of amides is 1. The summed E-state index contributed by atoms with van der Waals surface area (Å²) in [4.78, 5) is 25.0. The number of fused-ring (bicyclic) bond motifs is 1. The van der Waals surface area contributed by atoms with Crippen LogP contribution < -0.4 is 5.32 Å². The van der Waals surface area contributed by atoms with E-state index in [1.165, 1.54) is 0 Å². The molecule has 2 aliphatic heterocycles. The van der Waals surface area contributed by atoms with E-state index >= 15 is 0 Å². The Balaban J connectivity index is 1.38. The molecule has 1 N–H and O–H groups in total. The quantitative estimate of drug-likeness (QED) is 0.528. The van der Waals surface area contributed by atoms with E-state index in [0.29, 0.717) is 25.3 Å². The molecule has 2 aromatic rings. The number of benzene rings is 1. The van der Waals surface area contributed by atoms with Crippen LogP contribution in [-0.4, -0.2) is 48.0 Å². The highest BCUT2D eigenvalue weighted by atomic mass is 16.5. The number of aromatic nitrogens is 2. The number of aryl methyl sites for hydroxylation is 3. The van der Waals surface area contributed by atoms with Crippen LogP contribution in [0.25, 0.3) is 0 Å². The van der Waals surface area contributed by atoms with Crippen molar-refractivity contribution >= 4 is 11.9 Å². The number of rotatable bonds is 7. The first-order valence-electron chi connectivity index (χ1n) is 11.7. The molecule has 1 fully saturated rings. The van der Waals surface area contributed by atoms with Gasteiger partial charge in [0.2, 0.25) is 0 Å². The molecular formula is C25H33N3O4. The average Bonchev–Trinajstić information content (AvgIpc) is 3.08. The van der Waals surface area contributed by atoms with Crippen molar-refractivity contribution in [3.05, 3.63) is 52.3 Å². The van der Waals surface area contributed by atoms with Gasteiger partial charge in [0.05, 0.1) is 17.9 Å². The van der Waals surface area contributed by atoms with E-state index in [-0.39, 0.29) is 17.3 Å². The fourth-order valence-electron chi connectivity index (χ4n) is 4.70. The Bertz CT molecular complexity index is 958. The Morgan fingerprint density at radius 3 is 2.69 bits per heavy atom. The summed E-state index contributed by atoms with van der Waals surface area (Å²) in [6.07, 6.45) is 5.17. The summed E-state index contributed by atoms with van der Waals surface area (Å²) in [6, 6.07) is 7.41. The van der Waals surface area contributed by atoms with Crippen molar-refractivity contribution in [2.75, 3.05) is 26.4 Å². The second-order valence-corrected chi connectivity index (χ2v) is 9.02. The second kappa shape index (κ2) is 9.86. The SMILES string of the molecule is CCn1nc(CCCCOC(=O)c2ccc(C)cc2)c2c1C(=O)NCC1(CCOCC1)C2. The summed E-state index contributed by atoms with van der Waals surface area (Å²) in [5.41, 5.74) is 4.57. The van der Waals surface area contributed by atoms with Crippen molar-refractivity contribution in [2.45, 2.75) is 58.9 Å². The first-order chi connectivity index (χ1) is 15.5. The van der Waals surface area contributed by atoms with Crippen LogP contribution in [0.5, 0.6) is 0 Å². The molecule has 0 atom stereocenters. The highest BCUT2D eigenvalue weighted by Crippen LogP contribution is 2.37. The number of hydrogen-bond donors (Lipinski definition) is 1. The maximum atomic E-state index is 12.9. The Labute approximate surface area is 189 Å². The highest BCUT2D eigenvalue weighted by molar-refractivity contribution is 5.94. The summed E-state index contributed by atoms with van der Waals surface area (Å²) in [5.74, 6) is -0.303. The maximum Gasteiger partial charge on any atom is 0.338 e. The van der Waals surface area contributed by atoms with E-state index in [2.05, 4.69) is 5.32 Å². The molecule has 172 valence electrons. The van der Waals surface area contributed by atoms with E-state index in [0.717, 1.165) is 74.3 Å². The smallest absolute Gasteiger partial charge is 0.338 e. The Morgan fingerprint density at radius 2 is 1.97 bits per heavy atom. The van der Waals surface area contributed by atoms with Gasteiger partial charge in [-0.05, 0) is 69.9 Å². The average molecular weight is 440 g/mol. The van der Waals surface area contributed by atoms with Crippen molar-refractivity contribution in [3.8, 4) is 0 Å². The van der Waals surface area contributed by atoms with Crippen LogP contribution in [0, 0.1) is 12.3 Å². The van der Waals surface area contributed by atoms with Crippen molar-refractivity contribution < 1.29 is 19.1 Å². The first kappa shape index (κ1) is 22.5. The molecule has 1 saturated heterocycles. The zero-order valence-electron chi connectivity index (χ0n) is 19.1. The van der Waals surface area contributed by atoms with Crippen molar-refractivity contribution in [2.24, 2.45) is 5.41 Å². The number of nitrogens with one attached hydrogen (secondary N) is 1. The number of esters is 1. The molecular weight excluding hydrogens is 406 g/mol. The van der Waals surface area contributed by atoms with E-state index in [1.807, 2.05) is 30.7 Å². The molecule has 7 nitrogen and oxygen atoms in total. The highest BCUT2D eigenvalue weighted by Gasteiger charge is 2.39. The topological polar surface area (TPSA) is 82.5 Å². The van der Waals surface area contributed by atoms with Gasteiger partial charge in [-0.15, -0.1) is 0 Å². The Hall–Kier alpha value is -2.67. The Morgan fingerprint density at radius 1 is 1.22 bits per heavy atom. The van der Waals surface area contributed by atoms with E-state index in [1.54, 1.807) is 12.1 Å². The molecule has 4 rings (SSSR count). The number of hydrogen-bond acceptors (Lipinski definition) is 5. The molecule has 0 radical (unpaired) electrons. The lowest BCUT2D eigenvalue weighted by Crippen LogP contribution is -2.40. The Kier molecular flexibility index (Phi) is 6.94. The van der Waals surface area contributed by atoms with E-state index < -0.39 is 0 Å². The zero-order valence-corrected chi connectivity index (χ0v) is 19.1. The van der Waals surface area contributed by atoms with E-state index in [4.69, 9.17) is 14.6 Å². The van der Waals surface area contributed by atoms with Crippen molar-refractivity contribution in [1.29, 1.82) is 0 Å². The third kappa shape index (κ3) is 4.88. The molecule has 1 aromatic carbocycles. The fourth-order valence-corrected chi connectivity index (χ4v) is 4.70. The van der Waals surface area contributed by atoms with Gasteiger partial charge in [0.25, 0.3) is 5.91 Å². The minimum atomic E-state index is -0.285. The number of carbonyl (C=O) groups excluding carboxylic acids is 2. The summed E-state index contributed by atoms with van der Waals surface area (Å²) in [5, 5.41) is 7.93. The molecule has 32 heavy (non-hydrogen) atoms. The van der Waals surface area contributed by atoms with Crippen LogP contribution in [0.15, 0.2) is 24.3 Å². The lowest BCUT2D eigenvalue weighted by atomic mass is 9.75. The molecule has 1 spiro atoms. The zero-order chi connectivity index (χ0) is 22.6. The van der Waals surface area contributed by atoms with Gasteiger partial charge in [-0.2, -0.15) is 5.10 Å². The molecule has 1 amide bonds. The molecule has 0 aliphatic carbocycles. The lowest BCUT2D eigenvalue weighted by Gasteiger charge is -2.36. The maximum absolute atomic E-state index is 12.9. The van der Waals surface area contributed by atoms with Crippen molar-refractivity contribution in [1.82, 2.24) is 15.1 Å². The standard InChI is InChI=1S/C25H33N3O4/c1-3-28-22-20(16-25(17-26-23(22)29)11-14-31-15-12-25)21(27-28)6-4-5-13-32-24(30)19-9-7-18(2)8-10-19/h7-10H,3-6,11-17H2,1-2H3,(H,26,29). The third-order valence-electron chi connectivity index (χ3n) is 6.71. The monoisotopic (exact) mass is 439 g/mol. The number of unbranched alkanes of at least 4 members (excludes halogenated alkanes) is 1. The molecule has 2 aliphatic rings. The number of nitrogens with zero attached hydrogens (tertiary/aromatic N) is 2. The summed E-state index contributed by atoms with van der Waals surface area (Å²) < 4.78 is 12.9. The predicted molar refractivity (Wildman–Crippen MR) is 121 cm³/mol. The van der Waals surface area contributed by atoms with Crippen LogP contribution in [0.1, 0.15) is 70.3 Å². The third-order valence-corrected chi connectivity index (χ3v) is 6.71. The van der Waals surface area contributed by atoms with Crippen molar-refractivity contribution in [3.63, 3.8) is 0 Å². The minimum absolute atomic E-state index is 0.0176. The molecule has 7 heteroatoms. The van der Waals surface area contributed by atoms with Gasteiger partial charge < -0.3 is 14.8 Å². The minimum Gasteiger partial charge on any atom is -0.462 e. The van der Waals surface area contributed by atoms with Gasteiger partial charge in [-0.25, -0.2) is 4.79 Å². The fraction of sp³-hybridized carbons (Fsp3) is 0.560.